The molecule has 0 spiro atoms. The van der Waals surface area contributed by atoms with Gasteiger partial charge in [-0.2, -0.15) is 0 Å². The summed E-state index contributed by atoms with van der Waals surface area (Å²) in [6, 6.07) is 5.42. The molecule has 0 unspecified atom stereocenters. The van der Waals surface area contributed by atoms with Crippen LogP contribution >= 0.6 is 0 Å². The highest BCUT2D eigenvalue weighted by Crippen LogP contribution is 2.20. The summed E-state index contributed by atoms with van der Waals surface area (Å²) in [7, 11) is 0. The maximum absolute atomic E-state index is 12.1. The predicted molar refractivity (Wildman–Crippen MR) is 81.7 cm³/mol. The largest absolute Gasteiger partial charge is 0.441 e. The molecule has 0 bridgehead atoms. The topological polar surface area (TPSA) is 81.2 Å². The van der Waals surface area contributed by atoms with Crippen molar-refractivity contribution in [2.24, 2.45) is 0 Å². The van der Waals surface area contributed by atoms with E-state index >= 15 is 0 Å². The maximum Gasteiger partial charge on any atom is 0.224 e. The van der Waals surface area contributed by atoms with Crippen LogP contribution in [0.15, 0.2) is 27.1 Å². The number of carbonyl (C=O) groups excluding carboxylic acids is 1. The molecule has 6 heteroatoms. The second-order valence-electron chi connectivity index (χ2n) is 5.27. The molecule has 0 saturated carbocycles. The highest BCUT2D eigenvalue weighted by atomic mass is 16.5. The van der Waals surface area contributed by atoms with Gasteiger partial charge in [0.05, 0.1) is 5.69 Å². The van der Waals surface area contributed by atoms with Crippen LogP contribution < -0.4 is 5.32 Å². The zero-order valence-electron chi connectivity index (χ0n) is 12.8. The Kier molecular flexibility index (Phi) is 3.66. The number of hydrogen-bond donors (Lipinski definition) is 1. The van der Waals surface area contributed by atoms with Crippen LogP contribution in [-0.2, 0) is 11.2 Å². The van der Waals surface area contributed by atoms with E-state index in [0.717, 1.165) is 22.5 Å². The van der Waals surface area contributed by atoms with Crippen molar-refractivity contribution in [3.63, 3.8) is 0 Å². The van der Waals surface area contributed by atoms with E-state index in [4.69, 9.17) is 8.94 Å². The lowest BCUT2D eigenvalue weighted by Crippen LogP contribution is -2.12. The van der Waals surface area contributed by atoms with Gasteiger partial charge in [0.15, 0.2) is 11.5 Å². The summed E-state index contributed by atoms with van der Waals surface area (Å²) in [5.41, 5.74) is 4.00. The predicted octanol–water partition coefficient (Wildman–Crippen LogP) is 3.31. The Hall–Kier alpha value is -2.63. The summed E-state index contributed by atoms with van der Waals surface area (Å²) in [6.07, 6.45) is 0.983. The molecule has 6 nitrogen and oxygen atoms in total. The molecule has 3 rings (SSSR count). The molecular weight excluding hydrogens is 282 g/mol. The first kappa shape index (κ1) is 14.3. The zero-order chi connectivity index (χ0) is 15.7. The first-order valence-corrected chi connectivity index (χ1v) is 7.12. The van der Waals surface area contributed by atoms with Gasteiger partial charge < -0.3 is 14.3 Å². The number of aromatic nitrogens is 2. The average molecular weight is 299 g/mol. The molecule has 0 atom stereocenters. The molecule has 1 aromatic carbocycles. The Morgan fingerprint density at radius 1 is 1.27 bits per heavy atom. The molecule has 0 radical (unpaired) electrons. The second-order valence-corrected chi connectivity index (χ2v) is 5.27. The summed E-state index contributed by atoms with van der Waals surface area (Å²) in [6.45, 7) is 5.53. The molecule has 1 amide bonds. The van der Waals surface area contributed by atoms with Crippen molar-refractivity contribution in [1.29, 1.82) is 0 Å². The molecule has 2 aromatic heterocycles. The number of aryl methyl sites for hydroxylation is 3. The summed E-state index contributed by atoms with van der Waals surface area (Å²) in [4.78, 5) is 16.3. The number of fused-ring (bicyclic) bond motifs is 1. The van der Waals surface area contributed by atoms with Crippen LogP contribution in [0.3, 0.4) is 0 Å². The number of oxazole rings is 1. The van der Waals surface area contributed by atoms with Gasteiger partial charge in [0, 0.05) is 24.6 Å². The Bertz CT molecular complexity index is 813. The molecule has 0 aliphatic heterocycles. The molecule has 0 aliphatic rings. The number of anilines is 1. The number of carbonyl (C=O) groups is 1. The molecule has 114 valence electrons. The Morgan fingerprint density at radius 2 is 2.09 bits per heavy atom. The SMILES string of the molecule is Cc1nc2cc(NC(=O)CCc3c(C)noc3C)ccc2o1. The van der Waals surface area contributed by atoms with Gasteiger partial charge in [-0.15, -0.1) is 0 Å². The van der Waals surface area contributed by atoms with Gasteiger partial charge in [0.25, 0.3) is 0 Å². The van der Waals surface area contributed by atoms with Gasteiger partial charge >= 0.3 is 0 Å². The highest BCUT2D eigenvalue weighted by Gasteiger charge is 2.12. The van der Waals surface area contributed by atoms with Gasteiger partial charge in [-0.25, -0.2) is 4.98 Å². The Morgan fingerprint density at radius 3 is 2.82 bits per heavy atom. The summed E-state index contributed by atoms with van der Waals surface area (Å²) < 4.78 is 10.5. The number of amides is 1. The Labute approximate surface area is 127 Å². The van der Waals surface area contributed by atoms with Crippen molar-refractivity contribution in [3.05, 3.63) is 41.1 Å². The van der Waals surface area contributed by atoms with Crippen molar-refractivity contribution in [2.75, 3.05) is 5.32 Å². The lowest BCUT2D eigenvalue weighted by Gasteiger charge is -2.05. The second kappa shape index (κ2) is 5.63. The molecule has 22 heavy (non-hydrogen) atoms. The quantitative estimate of drug-likeness (QED) is 0.799. The molecule has 2 heterocycles. The minimum atomic E-state index is -0.0560. The zero-order valence-corrected chi connectivity index (χ0v) is 12.8. The van der Waals surface area contributed by atoms with E-state index in [9.17, 15) is 4.79 Å². The van der Waals surface area contributed by atoms with Crippen LogP contribution in [0.4, 0.5) is 5.69 Å². The normalized spacial score (nSPS) is 11.0. The number of benzene rings is 1. The third-order valence-electron chi connectivity index (χ3n) is 3.56. The fourth-order valence-electron chi connectivity index (χ4n) is 2.44. The summed E-state index contributed by atoms with van der Waals surface area (Å²) >= 11 is 0. The van der Waals surface area contributed by atoms with Crippen LogP contribution in [0, 0.1) is 20.8 Å². The minimum absolute atomic E-state index is 0.0560. The fourth-order valence-corrected chi connectivity index (χ4v) is 2.44. The van der Waals surface area contributed by atoms with Crippen molar-refractivity contribution in [2.45, 2.75) is 33.6 Å². The lowest BCUT2D eigenvalue weighted by atomic mass is 10.1. The van der Waals surface area contributed by atoms with Crippen molar-refractivity contribution in [3.8, 4) is 0 Å². The van der Waals surface area contributed by atoms with Gasteiger partial charge in [-0.3, -0.25) is 4.79 Å². The van der Waals surface area contributed by atoms with Crippen LogP contribution in [-0.4, -0.2) is 16.0 Å². The molecular formula is C16H17N3O3. The van der Waals surface area contributed by atoms with E-state index in [1.807, 2.05) is 13.8 Å². The number of nitrogens with zero attached hydrogens (tertiary/aromatic N) is 2. The van der Waals surface area contributed by atoms with Crippen LogP contribution in [0.25, 0.3) is 11.1 Å². The molecule has 3 aromatic rings. The van der Waals surface area contributed by atoms with Crippen LogP contribution in [0.2, 0.25) is 0 Å². The van der Waals surface area contributed by atoms with E-state index in [0.29, 0.717) is 30.0 Å². The third-order valence-corrected chi connectivity index (χ3v) is 3.56. The van der Waals surface area contributed by atoms with Gasteiger partial charge in [-0.1, -0.05) is 5.16 Å². The minimum Gasteiger partial charge on any atom is -0.441 e. The summed E-state index contributed by atoms with van der Waals surface area (Å²) in [5, 5.41) is 6.76. The van der Waals surface area contributed by atoms with Crippen LogP contribution in [0.5, 0.6) is 0 Å². The number of rotatable bonds is 4. The fraction of sp³-hybridized carbons (Fsp3) is 0.312. The van der Waals surface area contributed by atoms with Gasteiger partial charge in [0.2, 0.25) is 5.91 Å². The van der Waals surface area contributed by atoms with E-state index in [1.165, 1.54) is 0 Å². The molecule has 0 aliphatic carbocycles. The van der Waals surface area contributed by atoms with Gasteiger partial charge in [0.1, 0.15) is 11.3 Å². The molecule has 0 fully saturated rings. The average Bonchev–Trinajstić information content (AvgIpc) is 2.98. The van der Waals surface area contributed by atoms with Gasteiger partial charge in [-0.05, 0) is 38.5 Å². The van der Waals surface area contributed by atoms with E-state index in [2.05, 4.69) is 15.5 Å². The molecule has 0 saturated heterocycles. The molecule has 1 N–H and O–H groups in total. The Balaban J connectivity index is 1.65. The monoisotopic (exact) mass is 299 g/mol. The first-order valence-electron chi connectivity index (χ1n) is 7.12. The van der Waals surface area contributed by atoms with Crippen molar-refractivity contribution >= 4 is 22.7 Å². The van der Waals surface area contributed by atoms with Crippen molar-refractivity contribution < 1.29 is 13.7 Å². The van der Waals surface area contributed by atoms with E-state index in [1.54, 1.807) is 25.1 Å². The van der Waals surface area contributed by atoms with E-state index < -0.39 is 0 Å². The maximum atomic E-state index is 12.1. The van der Waals surface area contributed by atoms with E-state index in [-0.39, 0.29) is 5.91 Å². The smallest absolute Gasteiger partial charge is 0.224 e. The van der Waals surface area contributed by atoms with Crippen molar-refractivity contribution in [1.82, 2.24) is 10.1 Å². The third kappa shape index (κ3) is 2.86. The van der Waals surface area contributed by atoms with Crippen LogP contribution in [0.1, 0.15) is 29.3 Å². The first-order chi connectivity index (χ1) is 10.5. The number of nitrogens with one attached hydrogen (secondary N) is 1. The standard InChI is InChI=1S/C16H17N3O3/c1-9-13(10(2)22-19-9)5-7-16(20)18-12-4-6-15-14(8-12)17-11(3)21-15/h4,6,8H,5,7H2,1-3H3,(H,18,20). The summed E-state index contributed by atoms with van der Waals surface area (Å²) in [5.74, 6) is 1.32. The lowest BCUT2D eigenvalue weighted by molar-refractivity contribution is -0.116. The number of hydrogen-bond acceptors (Lipinski definition) is 5. The highest BCUT2D eigenvalue weighted by molar-refractivity contribution is 5.92.